The lowest BCUT2D eigenvalue weighted by molar-refractivity contribution is -0.120. The van der Waals surface area contributed by atoms with E-state index in [0.717, 1.165) is 12.8 Å². The van der Waals surface area contributed by atoms with Crippen molar-refractivity contribution in [3.8, 4) is 11.5 Å². The second kappa shape index (κ2) is 6.44. The Morgan fingerprint density at radius 1 is 0.952 bits per heavy atom. The summed E-state index contributed by atoms with van der Waals surface area (Å²) in [5.74, 6) is 0.815. The average Bonchev–Trinajstić information content (AvgIpc) is 2.52. The van der Waals surface area contributed by atoms with Gasteiger partial charge in [-0.1, -0.05) is 38.1 Å². The predicted molar refractivity (Wildman–Crippen MR) is 82.6 cm³/mol. The zero-order chi connectivity index (χ0) is 15.3. The molecule has 0 aliphatic carbocycles. The van der Waals surface area contributed by atoms with E-state index in [4.69, 9.17) is 4.74 Å². The summed E-state index contributed by atoms with van der Waals surface area (Å²) in [6.45, 7) is 4.75. The molecule has 0 radical (unpaired) electrons. The number of phenolic OH excluding ortho intramolecular Hbond substituents is 1. The summed E-state index contributed by atoms with van der Waals surface area (Å²) in [4.78, 5) is 10.4. The summed E-state index contributed by atoms with van der Waals surface area (Å²) in [6.07, 6.45) is 1.89. The molecular formula is C18H20O3. The third-order valence-electron chi connectivity index (χ3n) is 4.22. The van der Waals surface area contributed by atoms with Crippen LogP contribution in [-0.4, -0.2) is 11.6 Å². The normalized spacial score (nSPS) is 11.1. The van der Waals surface area contributed by atoms with Crippen LogP contribution in [0.25, 0.3) is 0 Å². The van der Waals surface area contributed by atoms with Crippen molar-refractivity contribution < 1.29 is 14.6 Å². The molecule has 2 rings (SSSR count). The summed E-state index contributed by atoms with van der Waals surface area (Å²) in [5.41, 5.74) is 2.25. The Balaban J connectivity index is 2.45. The maximum atomic E-state index is 10.4. The zero-order valence-electron chi connectivity index (χ0n) is 12.4. The molecular weight excluding hydrogens is 264 g/mol. The van der Waals surface area contributed by atoms with Crippen LogP contribution in [0.3, 0.4) is 0 Å². The van der Waals surface area contributed by atoms with Gasteiger partial charge in [0.2, 0.25) is 0 Å². The molecule has 0 aromatic heterocycles. The number of phenols is 1. The molecule has 0 heterocycles. The Morgan fingerprint density at radius 3 is 1.86 bits per heavy atom. The SMILES string of the molecule is CCC(CC)(c1ccc(O)cc1)c1ccc(OC=O)cc1. The van der Waals surface area contributed by atoms with Crippen LogP contribution in [0.4, 0.5) is 0 Å². The van der Waals surface area contributed by atoms with Gasteiger partial charge in [0.05, 0.1) is 0 Å². The van der Waals surface area contributed by atoms with Crippen LogP contribution >= 0.6 is 0 Å². The summed E-state index contributed by atoms with van der Waals surface area (Å²) < 4.78 is 4.85. The quantitative estimate of drug-likeness (QED) is 0.814. The topological polar surface area (TPSA) is 46.5 Å². The third-order valence-corrected chi connectivity index (χ3v) is 4.22. The van der Waals surface area contributed by atoms with E-state index < -0.39 is 0 Å². The Labute approximate surface area is 125 Å². The summed E-state index contributed by atoms with van der Waals surface area (Å²) >= 11 is 0. The zero-order valence-corrected chi connectivity index (χ0v) is 12.4. The van der Waals surface area contributed by atoms with Crippen LogP contribution in [0, 0.1) is 0 Å². The molecule has 0 fully saturated rings. The number of carbonyl (C=O) groups excluding carboxylic acids is 1. The Kier molecular flexibility index (Phi) is 4.63. The average molecular weight is 284 g/mol. The van der Waals surface area contributed by atoms with Gasteiger partial charge in [0.15, 0.2) is 0 Å². The van der Waals surface area contributed by atoms with Crippen LogP contribution < -0.4 is 4.74 Å². The highest BCUT2D eigenvalue weighted by molar-refractivity contribution is 5.47. The molecule has 2 aromatic rings. The molecule has 0 atom stereocenters. The van der Waals surface area contributed by atoms with Crippen molar-refractivity contribution in [2.45, 2.75) is 32.1 Å². The van der Waals surface area contributed by atoms with Crippen LogP contribution in [0.1, 0.15) is 37.8 Å². The van der Waals surface area contributed by atoms with Crippen molar-refractivity contribution in [2.75, 3.05) is 0 Å². The van der Waals surface area contributed by atoms with Gasteiger partial charge in [-0.25, -0.2) is 0 Å². The third kappa shape index (κ3) is 2.92. The number of rotatable bonds is 6. The summed E-state index contributed by atoms with van der Waals surface area (Å²) in [6, 6.07) is 15.0. The molecule has 0 amide bonds. The first kappa shape index (κ1) is 15.1. The van der Waals surface area contributed by atoms with E-state index in [1.807, 2.05) is 36.4 Å². The largest absolute Gasteiger partial charge is 0.508 e. The first-order chi connectivity index (χ1) is 10.2. The highest BCUT2D eigenvalue weighted by Gasteiger charge is 2.30. The number of benzene rings is 2. The van der Waals surface area contributed by atoms with Crippen molar-refractivity contribution in [1.82, 2.24) is 0 Å². The second-order valence-corrected chi connectivity index (χ2v) is 5.07. The van der Waals surface area contributed by atoms with Crippen molar-refractivity contribution in [3.63, 3.8) is 0 Å². The molecule has 3 nitrogen and oxygen atoms in total. The molecule has 0 saturated carbocycles. The number of ether oxygens (including phenoxy) is 1. The van der Waals surface area contributed by atoms with Crippen molar-refractivity contribution >= 4 is 6.47 Å². The molecule has 0 unspecified atom stereocenters. The van der Waals surface area contributed by atoms with Gasteiger partial charge in [0, 0.05) is 5.41 Å². The van der Waals surface area contributed by atoms with Crippen LogP contribution in [0.15, 0.2) is 48.5 Å². The maximum absolute atomic E-state index is 10.4. The van der Waals surface area contributed by atoms with Gasteiger partial charge in [-0.05, 0) is 48.2 Å². The lowest BCUT2D eigenvalue weighted by Crippen LogP contribution is -2.25. The van der Waals surface area contributed by atoms with Crippen molar-refractivity contribution in [3.05, 3.63) is 59.7 Å². The van der Waals surface area contributed by atoms with E-state index in [1.165, 1.54) is 11.1 Å². The molecule has 1 N–H and O–H groups in total. The molecule has 0 saturated heterocycles. The van der Waals surface area contributed by atoms with E-state index in [0.29, 0.717) is 12.2 Å². The number of hydrogen-bond acceptors (Lipinski definition) is 3. The molecule has 0 aliphatic heterocycles. The van der Waals surface area contributed by atoms with Crippen LogP contribution in [0.5, 0.6) is 11.5 Å². The number of carbonyl (C=O) groups is 1. The fraction of sp³-hybridized carbons (Fsp3) is 0.278. The smallest absolute Gasteiger partial charge is 0.298 e. The lowest BCUT2D eigenvalue weighted by Gasteiger charge is -2.33. The van der Waals surface area contributed by atoms with Gasteiger partial charge < -0.3 is 9.84 Å². The van der Waals surface area contributed by atoms with Crippen LogP contribution in [0.2, 0.25) is 0 Å². The number of aromatic hydroxyl groups is 1. The lowest BCUT2D eigenvalue weighted by atomic mass is 9.70. The summed E-state index contributed by atoms with van der Waals surface area (Å²) in [5, 5.41) is 9.48. The monoisotopic (exact) mass is 284 g/mol. The summed E-state index contributed by atoms with van der Waals surface area (Å²) in [7, 11) is 0. The first-order valence-corrected chi connectivity index (χ1v) is 7.16. The second-order valence-electron chi connectivity index (χ2n) is 5.07. The minimum Gasteiger partial charge on any atom is -0.508 e. The molecule has 3 heteroatoms. The standard InChI is InChI=1S/C18H20O3/c1-3-18(4-2,14-5-9-16(20)10-6-14)15-7-11-17(12-8-15)21-13-19/h5-13,20H,3-4H2,1-2H3. The van der Waals surface area contributed by atoms with Gasteiger partial charge in [0.1, 0.15) is 11.5 Å². The minimum atomic E-state index is -0.104. The first-order valence-electron chi connectivity index (χ1n) is 7.16. The van der Waals surface area contributed by atoms with Crippen molar-refractivity contribution in [2.24, 2.45) is 0 Å². The molecule has 110 valence electrons. The van der Waals surface area contributed by atoms with Gasteiger partial charge in [-0.15, -0.1) is 0 Å². The van der Waals surface area contributed by atoms with Gasteiger partial charge in [0.25, 0.3) is 6.47 Å². The Hall–Kier alpha value is -2.29. The van der Waals surface area contributed by atoms with E-state index in [1.54, 1.807) is 12.1 Å². The minimum absolute atomic E-state index is 0.104. The Bertz CT molecular complexity index is 581. The van der Waals surface area contributed by atoms with E-state index >= 15 is 0 Å². The molecule has 0 aliphatic rings. The van der Waals surface area contributed by atoms with Gasteiger partial charge >= 0.3 is 0 Å². The molecule has 21 heavy (non-hydrogen) atoms. The fourth-order valence-electron chi connectivity index (χ4n) is 2.92. The highest BCUT2D eigenvalue weighted by atomic mass is 16.5. The van der Waals surface area contributed by atoms with Crippen LogP contribution in [-0.2, 0) is 10.2 Å². The van der Waals surface area contributed by atoms with Crippen molar-refractivity contribution in [1.29, 1.82) is 0 Å². The fourth-order valence-corrected chi connectivity index (χ4v) is 2.92. The van der Waals surface area contributed by atoms with Gasteiger partial charge in [-0.3, -0.25) is 4.79 Å². The van der Waals surface area contributed by atoms with E-state index in [-0.39, 0.29) is 11.2 Å². The molecule has 0 spiro atoms. The Morgan fingerprint density at radius 2 is 1.43 bits per heavy atom. The highest BCUT2D eigenvalue weighted by Crippen LogP contribution is 2.39. The molecule has 0 bridgehead atoms. The van der Waals surface area contributed by atoms with E-state index in [9.17, 15) is 9.90 Å². The maximum Gasteiger partial charge on any atom is 0.298 e. The predicted octanol–water partition coefficient (Wildman–Crippen LogP) is 4.03. The molecule has 2 aromatic carbocycles. The van der Waals surface area contributed by atoms with E-state index in [2.05, 4.69) is 13.8 Å². The number of hydrogen-bond donors (Lipinski definition) is 1. The van der Waals surface area contributed by atoms with Gasteiger partial charge in [-0.2, -0.15) is 0 Å².